The number of amides is 2. The SMILES string of the molecule is CC(=O)N(CCC(=O)Nc1cccc(C)c1)c1ccc(C)cc1. The Morgan fingerprint density at radius 2 is 1.70 bits per heavy atom. The molecule has 0 spiro atoms. The first-order valence-electron chi connectivity index (χ1n) is 7.67. The second kappa shape index (κ2) is 7.58. The van der Waals surface area contributed by atoms with E-state index in [4.69, 9.17) is 0 Å². The summed E-state index contributed by atoms with van der Waals surface area (Å²) in [4.78, 5) is 25.5. The minimum absolute atomic E-state index is 0.0720. The Morgan fingerprint density at radius 3 is 2.30 bits per heavy atom. The summed E-state index contributed by atoms with van der Waals surface area (Å²) >= 11 is 0. The molecule has 0 unspecified atom stereocenters. The first-order chi connectivity index (χ1) is 11.0. The Bertz CT molecular complexity index is 693. The molecule has 0 aliphatic rings. The molecule has 2 rings (SSSR count). The van der Waals surface area contributed by atoms with E-state index in [0.717, 1.165) is 22.5 Å². The Kier molecular flexibility index (Phi) is 5.52. The molecule has 0 saturated carbocycles. The van der Waals surface area contributed by atoms with Crippen molar-refractivity contribution < 1.29 is 9.59 Å². The maximum Gasteiger partial charge on any atom is 0.226 e. The number of hydrogen-bond acceptors (Lipinski definition) is 2. The lowest BCUT2D eigenvalue weighted by molar-refractivity contribution is -0.117. The smallest absolute Gasteiger partial charge is 0.226 e. The summed E-state index contributed by atoms with van der Waals surface area (Å²) in [6.07, 6.45) is 0.251. The van der Waals surface area contributed by atoms with Crippen LogP contribution in [0.25, 0.3) is 0 Å². The molecule has 0 aromatic heterocycles. The Balaban J connectivity index is 1.97. The van der Waals surface area contributed by atoms with Gasteiger partial charge in [-0.15, -0.1) is 0 Å². The second-order valence-electron chi connectivity index (χ2n) is 5.67. The number of rotatable bonds is 5. The number of hydrogen-bond donors (Lipinski definition) is 1. The van der Waals surface area contributed by atoms with Gasteiger partial charge in [0, 0.05) is 31.3 Å². The number of nitrogens with zero attached hydrogens (tertiary/aromatic N) is 1. The van der Waals surface area contributed by atoms with E-state index in [1.165, 1.54) is 6.92 Å². The fourth-order valence-electron chi connectivity index (χ4n) is 2.35. The number of benzene rings is 2. The first-order valence-corrected chi connectivity index (χ1v) is 7.67. The molecular formula is C19H22N2O2. The lowest BCUT2D eigenvalue weighted by Crippen LogP contribution is -2.31. The van der Waals surface area contributed by atoms with Crippen molar-refractivity contribution in [3.05, 3.63) is 59.7 Å². The Labute approximate surface area is 137 Å². The molecule has 2 aromatic rings. The van der Waals surface area contributed by atoms with Crippen molar-refractivity contribution in [1.82, 2.24) is 0 Å². The van der Waals surface area contributed by atoms with E-state index < -0.39 is 0 Å². The molecule has 0 aliphatic heterocycles. The number of carbonyl (C=O) groups is 2. The van der Waals surface area contributed by atoms with Crippen LogP contribution in [0.2, 0.25) is 0 Å². The first kappa shape index (κ1) is 16.7. The van der Waals surface area contributed by atoms with Crippen LogP contribution in [0.5, 0.6) is 0 Å². The van der Waals surface area contributed by atoms with Gasteiger partial charge in [-0.05, 0) is 43.7 Å². The normalized spacial score (nSPS) is 10.2. The summed E-state index contributed by atoms with van der Waals surface area (Å²) in [7, 11) is 0. The molecule has 0 radical (unpaired) electrons. The van der Waals surface area contributed by atoms with Crippen molar-refractivity contribution in [2.45, 2.75) is 27.2 Å². The van der Waals surface area contributed by atoms with Gasteiger partial charge in [0.1, 0.15) is 0 Å². The van der Waals surface area contributed by atoms with E-state index in [1.54, 1.807) is 4.90 Å². The molecule has 2 aromatic carbocycles. The highest BCUT2D eigenvalue weighted by Gasteiger charge is 2.13. The lowest BCUT2D eigenvalue weighted by Gasteiger charge is -2.21. The van der Waals surface area contributed by atoms with Gasteiger partial charge in [-0.2, -0.15) is 0 Å². The Morgan fingerprint density at radius 1 is 1.00 bits per heavy atom. The van der Waals surface area contributed by atoms with Crippen LogP contribution in [0.3, 0.4) is 0 Å². The third-order valence-electron chi connectivity index (χ3n) is 3.59. The van der Waals surface area contributed by atoms with Crippen molar-refractivity contribution >= 4 is 23.2 Å². The number of aryl methyl sites for hydroxylation is 2. The molecule has 1 N–H and O–H groups in total. The summed E-state index contributed by atoms with van der Waals surface area (Å²) < 4.78 is 0. The van der Waals surface area contributed by atoms with Crippen LogP contribution in [0, 0.1) is 13.8 Å². The van der Waals surface area contributed by atoms with Crippen LogP contribution < -0.4 is 10.2 Å². The third-order valence-corrected chi connectivity index (χ3v) is 3.59. The molecule has 0 atom stereocenters. The standard InChI is InChI=1S/C19H22N2O2/c1-14-7-9-18(10-8-14)21(16(3)22)12-11-19(23)20-17-6-4-5-15(2)13-17/h4-10,13H,11-12H2,1-3H3,(H,20,23). The van der Waals surface area contributed by atoms with Crippen molar-refractivity contribution in [2.75, 3.05) is 16.8 Å². The number of anilines is 2. The summed E-state index contributed by atoms with van der Waals surface area (Å²) in [6, 6.07) is 15.4. The zero-order valence-electron chi connectivity index (χ0n) is 13.8. The van der Waals surface area contributed by atoms with Gasteiger partial charge in [-0.25, -0.2) is 0 Å². The fraction of sp³-hybridized carbons (Fsp3) is 0.263. The predicted octanol–water partition coefficient (Wildman–Crippen LogP) is 3.69. The lowest BCUT2D eigenvalue weighted by atomic mass is 10.2. The highest BCUT2D eigenvalue weighted by Crippen LogP contribution is 2.16. The average molecular weight is 310 g/mol. The van der Waals surface area contributed by atoms with E-state index in [9.17, 15) is 9.59 Å². The van der Waals surface area contributed by atoms with Crippen LogP contribution in [-0.2, 0) is 9.59 Å². The molecule has 4 nitrogen and oxygen atoms in total. The Hall–Kier alpha value is -2.62. The molecule has 0 bridgehead atoms. The summed E-state index contributed by atoms with van der Waals surface area (Å²) in [6.45, 7) is 5.84. The minimum Gasteiger partial charge on any atom is -0.326 e. The predicted molar refractivity (Wildman–Crippen MR) is 93.6 cm³/mol. The van der Waals surface area contributed by atoms with E-state index in [-0.39, 0.29) is 18.2 Å². The van der Waals surface area contributed by atoms with Gasteiger partial charge in [0.15, 0.2) is 0 Å². The zero-order valence-corrected chi connectivity index (χ0v) is 13.8. The molecule has 0 fully saturated rings. The molecular weight excluding hydrogens is 288 g/mol. The van der Waals surface area contributed by atoms with Crippen LogP contribution in [0.1, 0.15) is 24.5 Å². The highest BCUT2D eigenvalue weighted by molar-refractivity contribution is 5.94. The van der Waals surface area contributed by atoms with Gasteiger partial charge in [-0.3, -0.25) is 9.59 Å². The van der Waals surface area contributed by atoms with Gasteiger partial charge < -0.3 is 10.2 Å². The summed E-state index contributed by atoms with van der Waals surface area (Å²) in [5.74, 6) is -0.175. The quantitative estimate of drug-likeness (QED) is 0.915. The molecule has 23 heavy (non-hydrogen) atoms. The van der Waals surface area contributed by atoms with Gasteiger partial charge in [-0.1, -0.05) is 29.8 Å². The van der Waals surface area contributed by atoms with Crippen molar-refractivity contribution in [3.63, 3.8) is 0 Å². The van der Waals surface area contributed by atoms with Crippen LogP contribution >= 0.6 is 0 Å². The molecule has 2 amide bonds. The number of carbonyl (C=O) groups excluding carboxylic acids is 2. The minimum atomic E-state index is -0.103. The van der Waals surface area contributed by atoms with Crippen molar-refractivity contribution in [2.24, 2.45) is 0 Å². The van der Waals surface area contributed by atoms with E-state index in [0.29, 0.717) is 6.54 Å². The van der Waals surface area contributed by atoms with Gasteiger partial charge in [0.2, 0.25) is 11.8 Å². The molecule has 120 valence electrons. The monoisotopic (exact) mass is 310 g/mol. The van der Waals surface area contributed by atoms with Crippen LogP contribution in [0.4, 0.5) is 11.4 Å². The van der Waals surface area contributed by atoms with E-state index in [1.807, 2.05) is 62.4 Å². The second-order valence-corrected chi connectivity index (χ2v) is 5.67. The van der Waals surface area contributed by atoms with E-state index >= 15 is 0 Å². The highest BCUT2D eigenvalue weighted by atomic mass is 16.2. The fourth-order valence-corrected chi connectivity index (χ4v) is 2.35. The molecule has 0 aliphatic carbocycles. The largest absolute Gasteiger partial charge is 0.326 e. The maximum absolute atomic E-state index is 12.1. The van der Waals surface area contributed by atoms with Crippen molar-refractivity contribution in [1.29, 1.82) is 0 Å². The maximum atomic E-state index is 12.1. The topological polar surface area (TPSA) is 49.4 Å². The molecule has 0 heterocycles. The van der Waals surface area contributed by atoms with Crippen LogP contribution in [-0.4, -0.2) is 18.4 Å². The average Bonchev–Trinajstić information content (AvgIpc) is 2.49. The van der Waals surface area contributed by atoms with Crippen LogP contribution in [0.15, 0.2) is 48.5 Å². The number of nitrogens with one attached hydrogen (secondary N) is 1. The van der Waals surface area contributed by atoms with E-state index in [2.05, 4.69) is 5.32 Å². The summed E-state index contributed by atoms with van der Waals surface area (Å²) in [5.41, 5.74) is 3.81. The van der Waals surface area contributed by atoms with Gasteiger partial charge in [0.05, 0.1) is 0 Å². The zero-order chi connectivity index (χ0) is 16.8. The van der Waals surface area contributed by atoms with Crippen molar-refractivity contribution in [3.8, 4) is 0 Å². The molecule has 4 heteroatoms. The van der Waals surface area contributed by atoms with Gasteiger partial charge >= 0.3 is 0 Å². The summed E-state index contributed by atoms with van der Waals surface area (Å²) in [5, 5.41) is 2.86. The third kappa shape index (κ3) is 4.95. The van der Waals surface area contributed by atoms with Gasteiger partial charge in [0.25, 0.3) is 0 Å². The molecule has 0 saturated heterocycles.